The van der Waals surface area contributed by atoms with E-state index in [4.69, 9.17) is 66.4 Å². The lowest BCUT2D eigenvalue weighted by Crippen LogP contribution is -2.37. The molecule has 4 N–H and O–H groups in total. The minimum Gasteiger partial charge on any atom is -0.346 e. The van der Waals surface area contributed by atoms with Crippen molar-refractivity contribution >= 4 is 245 Å². The van der Waals surface area contributed by atoms with Crippen LogP contribution in [0.2, 0.25) is 20.1 Å². The van der Waals surface area contributed by atoms with Gasteiger partial charge in [-0.25, -0.2) is 20.0 Å². The average Bonchev–Trinajstić information content (AvgIpc) is 3.89. The van der Waals surface area contributed by atoms with Crippen LogP contribution in [0.5, 0.6) is 0 Å². The molecule has 23 heteroatoms. The second-order valence-corrected chi connectivity index (χ2v) is 22.4. The Labute approximate surface area is 424 Å². The topological polar surface area (TPSA) is 97.6 Å². The summed E-state index contributed by atoms with van der Waals surface area (Å²) in [6.07, 6.45) is -2.63. The maximum atomic E-state index is 6.90. The Balaban J connectivity index is 1.36. The van der Waals surface area contributed by atoms with Crippen LogP contribution in [0, 0.1) is 0 Å². The SMILES string of the molecule is Clc1cc2c(c(Br)c1Br)C1N=C3NC(NC4=NC(NC5=NC(N=C2N1)c1c(Br)c(Br)c(Cl)c(Br)c15)c1c(Br)c(Br)c(Cl)c(Br)c14)c1c(Br)c(Br)c(Cl)c(Br)c13. The van der Waals surface area contributed by atoms with Crippen LogP contribution in [0.15, 0.2) is 75.2 Å². The van der Waals surface area contributed by atoms with Crippen molar-refractivity contribution in [2.45, 2.75) is 24.7 Å². The third-order valence-electron chi connectivity index (χ3n) is 9.30. The molecule has 8 nitrogen and oxygen atoms in total. The molecule has 8 bridgehead atoms. The molecule has 4 unspecified atom stereocenters. The maximum Gasteiger partial charge on any atom is 0.171 e. The van der Waals surface area contributed by atoms with E-state index in [2.05, 4.69) is 196 Å². The van der Waals surface area contributed by atoms with Crippen LogP contribution in [0.1, 0.15) is 69.2 Å². The van der Waals surface area contributed by atoms with Gasteiger partial charge in [0.1, 0.15) is 41.8 Å². The molecule has 4 aromatic rings. The Morgan fingerprint density at radius 3 is 1.36 bits per heavy atom. The molecule has 5 aliphatic rings. The van der Waals surface area contributed by atoms with Crippen molar-refractivity contribution in [2.75, 3.05) is 0 Å². The number of aliphatic imine (C=N–C) groups is 4. The summed E-state index contributed by atoms with van der Waals surface area (Å²) in [5.74, 6) is 2.12. The first kappa shape index (κ1) is 41.5. The highest BCUT2D eigenvalue weighted by Crippen LogP contribution is 2.53. The number of halogens is 15. The van der Waals surface area contributed by atoms with E-state index in [1.807, 2.05) is 6.07 Å². The molecule has 0 aliphatic carbocycles. The molecule has 5 aliphatic heterocycles. The van der Waals surface area contributed by atoms with E-state index >= 15 is 0 Å². The fourth-order valence-electron chi connectivity index (χ4n) is 6.90. The molecule has 0 saturated carbocycles. The molecule has 0 amide bonds. The monoisotopic (exact) mass is 1510 g/mol. The summed E-state index contributed by atoms with van der Waals surface area (Å²) in [7, 11) is 0. The van der Waals surface area contributed by atoms with Gasteiger partial charge >= 0.3 is 0 Å². The summed E-state index contributed by atoms with van der Waals surface area (Å²) in [5.41, 5.74) is 6.17. The van der Waals surface area contributed by atoms with Crippen molar-refractivity contribution < 1.29 is 0 Å². The Bertz CT molecular complexity index is 2670. The summed E-state index contributed by atoms with van der Waals surface area (Å²) < 4.78 is 7.41. The van der Waals surface area contributed by atoms with Gasteiger partial charge in [-0.1, -0.05) is 46.4 Å². The molecule has 0 saturated heterocycles. The van der Waals surface area contributed by atoms with Gasteiger partial charge in [-0.05, 0) is 181 Å². The van der Waals surface area contributed by atoms with Crippen molar-refractivity contribution in [1.29, 1.82) is 0 Å². The van der Waals surface area contributed by atoms with Crippen molar-refractivity contribution in [3.8, 4) is 0 Å². The van der Waals surface area contributed by atoms with E-state index in [0.717, 1.165) is 53.5 Å². The zero-order chi connectivity index (χ0) is 39.3. The Morgan fingerprint density at radius 2 is 0.800 bits per heavy atom. The minimum absolute atomic E-state index is 0.458. The minimum atomic E-state index is -0.752. The van der Waals surface area contributed by atoms with E-state index in [-0.39, 0.29) is 0 Å². The fourth-order valence-corrected chi connectivity index (χ4v) is 14.8. The molecule has 5 heterocycles. The van der Waals surface area contributed by atoms with Gasteiger partial charge in [0, 0.05) is 75.8 Å². The second kappa shape index (κ2) is 15.2. The first-order valence-corrected chi connectivity index (χ1v) is 25.4. The third-order valence-corrected chi connectivity index (χ3v) is 23.3. The zero-order valence-corrected chi connectivity index (χ0v) is 46.3. The van der Waals surface area contributed by atoms with Crippen LogP contribution in [0.25, 0.3) is 0 Å². The number of hydrogen-bond acceptors (Lipinski definition) is 8. The van der Waals surface area contributed by atoms with Gasteiger partial charge < -0.3 is 21.3 Å². The first-order chi connectivity index (χ1) is 26.0. The van der Waals surface area contributed by atoms with Gasteiger partial charge in [-0.2, -0.15) is 0 Å². The Kier molecular flexibility index (Phi) is 11.5. The van der Waals surface area contributed by atoms with E-state index in [0.29, 0.717) is 83.7 Å². The molecular weight excluding hydrogens is 1520 g/mol. The highest BCUT2D eigenvalue weighted by Gasteiger charge is 2.43. The number of benzene rings is 4. The smallest absolute Gasteiger partial charge is 0.171 e. The van der Waals surface area contributed by atoms with Crippen molar-refractivity contribution in [3.05, 3.63) is 120 Å². The molecule has 55 heavy (non-hydrogen) atoms. The van der Waals surface area contributed by atoms with Gasteiger partial charge in [-0.15, -0.1) is 0 Å². The van der Waals surface area contributed by atoms with Crippen LogP contribution in [-0.2, 0) is 0 Å². The quantitative estimate of drug-likeness (QED) is 0.104. The molecule has 4 aromatic carbocycles. The predicted molar refractivity (Wildman–Crippen MR) is 260 cm³/mol. The highest BCUT2D eigenvalue weighted by atomic mass is 79.9. The second-order valence-electron chi connectivity index (χ2n) is 12.2. The van der Waals surface area contributed by atoms with Crippen molar-refractivity contribution in [2.24, 2.45) is 20.0 Å². The van der Waals surface area contributed by atoms with Crippen LogP contribution in [0.4, 0.5) is 0 Å². The summed E-state index contributed by atoms with van der Waals surface area (Å²) in [5, 5.41) is 16.4. The largest absolute Gasteiger partial charge is 0.346 e. The van der Waals surface area contributed by atoms with E-state index in [1.165, 1.54) is 0 Å². The number of fused-ring (bicyclic) bond motifs is 18. The molecule has 0 spiro atoms. The van der Waals surface area contributed by atoms with Crippen LogP contribution < -0.4 is 21.3 Å². The van der Waals surface area contributed by atoms with Gasteiger partial charge in [0.25, 0.3) is 0 Å². The number of hydrogen-bond donors (Lipinski definition) is 4. The maximum absolute atomic E-state index is 6.90. The first-order valence-electron chi connectivity index (χ1n) is 15.1. The predicted octanol–water partition coefficient (Wildman–Crippen LogP) is 15.2. The fraction of sp³-hybridized carbons (Fsp3) is 0.125. The number of nitrogens with zero attached hydrogens (tertiary/aromatic N) is 4. The molecule has 0 fully saturated rings. The number of rotatable bonds is 0. The van der Waals surface area contributed by atoms with Crippen molar-refractivity contribution in [3.63, 3.8) is 0 Å². The number of nitrogens with one attached hydrogen (secondary N) is 4. The van der Waals surface area contributed by atoms with Gasteiger partial charge in [0.2, 0.25) is 0 Å². The van der Waals surface area contributed by atoms with Gasteiger partial charge in [0.15, 0.2) is 6.17 Å². The van der Waals surface area contributed by atoms with Crippen LogP contribution in [0.3, 0.4) is 0 Å². The molecule has 0 radical (unpaired) electrons. The molecule has 0 aromatic heterocycles. The normalized spacial score (nSPS) is 21.3. The Morgan fingerprint density at radius 1 is 0.400 bits per heavy atom. The average molecular weight is 1530 g/mol. The summed E-state index contributed by atoms with van der Waals surface area (Å²) in [6.45, 7) is 0. The van der Waals surface area contributed by atoms with E-state index < -0.39 is 24.7 Å². The lowest BCUT2D eigenvalue weighted by Gasteiger charge is -2.20. The van der Waals surface area contributed by atoms with Gasteiger partial charge in [-0.3, -0.25) is 0 Å². The highest BCUT2D eigenvalue weighted by molar-refractivity contribution is 9.14. The van der Waals surface area contributed by atoms with Crippen molar-refractivity contribution in [1.82, 2.24) is 21.3 Å². The molecular formula is C32H9Br11Cl4N8. The van der Waals surface area contributed by atoms with Crippen LogP contribution in [-0.4, -0.2) is 23.3 Å². The lowest BCUT2D eigenvalue weighted by atomic mass is 10.0. The zero-order valence-electron chi connectivity index (χ0n) is 25.8. The molecule has 282 valence electrons. The summed E-state index contributed by atoms with van der Waals surface area (Å²) in [6, 6.07) is 1.86. The molecule has 9 rings (SSSR count). The standard InChI is InChI=1S/C32H9Br11Cl4N8/c33-11-3(44)1-2-4(12(11)34)26-48-25(2)49-27-5-8(16(38)22(45)19(41)13(5)35)31(51-27)53-29-7-10(18(40)24(47)21(43)15(7)37)32(55-29)54-28-6-9(30(50-26)52-28)17(39)23(46)20(42)14(6)36/h1,26-29H,(H,48,49)(H,50,52)(H,51,53)(H,54,55). The Hall–Kier alpha value is 1.20. The molecule has 4 atom stereocenters. The lowest BCUT2D eigenvalue weighted by molar-refractivity contribution is 0.614. The number of amidine groups is 4. The summed E-state index contributed by atoms with van der Waals surface area (Å²) >= 11 is 68.7. The summed E-state index contributed by atoms with van der Waals surface area (Å²) in [4.78, 5) is 21.0. The van der Waals surface area contributed by atoms with E-state index in [1.54, 1.807) is 0 Å². The van der Waals surface area contributed by atoms with Gasteiger partial charge in [0.05, 0.1) is 38.0 Å². The van der Waals surface area contributed by atoms with E-state index in [9.17, 15) is 0 Å². The third kappa shape index (κ3) is 6.32. The van der Waals surface area contributed by atoms with Crippen LogP contribution >= 0.6 is 222 Å².